The molecule has 176 valence electrons. The number of hydrogen-bond donors (Lipinski definition) is 3. The van der Waals surface area contributed by atoms with Gasteiger partial charge in [-0.3, -0.25) is 4.90 Å². The van der Waals surface area contributed by atoms with Crippen molar-refractivity contribution in [3.8, 4) is 0 Å². The first-order chi connectivity index (χ1) is 15.0. The van der Waals surface area contributed by atoms with Gasteiger partial charge in [-0.15, -0.1) is 24.0 Å². The zero-order chi connectivity index (χ0) is 22.1. The highest BCUT2D eigenvalue weighted by molar-refractivity contribution is 14.0. The van der Waals surface area contributed by atoms with Gasteiger partial charge in [0.2, 0.25) is 0 Å². The Kier molecular flexibility index (Phi) is 10.9. The van der Waals surface area contributed by atoms with Crippen molar-refractivity contribution in [2.45, 2.75) is 45.6 Å². The fourth-order valence-electron chi connectivity index (χ4n) is 3.79. The fraction of sp³-hybridized carbons (Fsp3) is 0.480. The van der Waals surface area contributed by atoms with E-state index < -0.39 is 5.60 Å². The van der Waals surface area contributed by atoms with Crippen LogP contribution in [0.4, 0.5) is 0 Å². The van der Waals surface area contributed by atoms with Gasteiger partial charge in [-0.1, -0.05) is 54.6 Å². The molecule has 1 heterocycles. The van der Waals surface area contributed by atoms with Gasteiger partial charge in [-0.2, -0.15) is 0 Å². The van der Waals surface area contributed by atoms with Crippen molar-refractivity contribution in [3.05, 3.63) is 71.3 Å². The molecule has 0 radical (unpaired) electrons. The van der Waals surface area contributed by atoms with E-state index in [-0.39, 0.29) is 24.0 Å². The average Bonchev–Trinajstić information content (AvgIpc) is 2.77. The smallest absolute Gasteiger partial charge is 0.191 e. The van der Waals surface area contributed by atoms with Gasteiger partial charge in [-0.25, -0.2) is 4.99 Å². The van der Waals surface area contributed by atoms with Crippen LogP contribution in [-0.2, 0) is 23.4 Å². The molecule has 2 aromatic rings. The van der Waals surface area contributed by atoms with Crippen molar-refractivity contribution in [2.75, 3.05) is 32.8 Å². The Morgan fingerprint density at radius 2 is 1.91 bits per heavy atom. The van der Waals surface area contributed by atoms with Crippen molar-refractivity contribution in [3.63, 3.8) is 0 Å². The van der Waals surface area contributed by atoms with Crippen LogP contribution in [0, 0.1) is 0 Å². The van der Waals surface area contributed by atoms with Crippen molar-refractivity contribution in [1.29, 1.82) is 0 Å². The summed E-state index contributed by atoms with van der Waals surface area (Å²) < 4.78 is 5.64. The molecule has 0 aromatic heterocycles. The number of rotatable bonds is 8. The lowest BCUT2D eigenvalue weighted by molar-refractivity contribution is -0.0212. The number of hydrogen-bond acceptors (Lipinski definition) is 4. The molecule has 1 saturated heterocycles. The number of guanidine groups is 1. The molecule has 0 saturated carbocycles. The van der Waals surface area contributed by atoms with Gasteiger partial charge in [0.25, 0.3) is 0 Å². The van der Waals surface area contributed by atoms with Crippen molar-refractivity contribution in [1.82, 2.24) is 15.5 Å². The number of ether oxygens (including phenoxy) is 1. The average molecular weight is 553 g/mol. The summed E-state index contributed by atoms with van der Waals surface area (Å²) in [6.45, 7) is 11.4. The Labute approximate surface area is 209 Å². The monoisotopic (exact) mass is 552 g/mol. The van der Waals surface area contributed by atoms with Gasteiger partial charge in [-0.05, 0) is 37.5 Å². The Hall–Kier alpha value is -1.68. The Morgan fingerprint density at radius 1 is 1.16 bits per heavy atom. The molecular formula is C25H37IN4O2. The molecule has 7 heteroatoms. The second-order valence-corrected chi connectivity index (χ2v) is 8.43. The molecule has 3 N–H and O–H groups in total. The predicted molar refractivity (Wildman–Crippen MR) is 141 cm³/mol. The van der Waals surface area contributed by atoms with Crippen LogP contribution in [0.15, 0.2) is 59.6 Å². The Morgan fingerprint density at radius 3 is 2.62 bits per heavy atom. The van der Waals surface area contributed by atoms with Crippen LogP contribution >= 0.6 is 24.0 Å². The highest BCUT2D eigenvalue weighted by atomic mass is 127. The molecule has 0 bridgehead atoms. The largest absolute Gasteiger partial charge is 0.384 e. The van der Waals surface area contributed by atoms with Crippen molar-refractivity contribution < 1.29 is 9.84 Å². The third-order valence-corrected chi connectivity index (χ3v) is 5.48. The molecule has 6 nitrogen and oxygen atoms in total. The first-order valence-electron chi connectivity index (χ1n) is 11.2. The van der Waals surface area contributed by atoms with Gasteiger partial charge in [0.05, 0.1) is 25.8 Å². The van der Waals surface area contributed by atoms with E-state index in [4.69, 9.17) is 9.73 Å². The number of aliphatic hydroxyl groups is 1. The third kappa shape index (κ3) is 8.35. The lowest BCUT2D eigenvalue weighted by atomic mass is 9.96. The molecule has 2 atom stereocenters. The van der Waals surface area contributed by atoms with Gasteiger partial charge in [0.15, 0.2) is 5.96 Å². The van der Waals surface area contributed by atoms with E-state index in [9.17, 15) is 5.11 Å². The number of nitrogens with one attached hydrogen (secondary N) is 2. The summed E-state index contributed by atoms with van der Waals surface area (Å²) in [5.74, 6) is 0.700. The van der Waals surface area contributed by atoms with Gasteiger partial charge < -0.3 is 20.5 Å². The molecule has 1 aliphatic rings. The lowest BCUT2D eigenvalue weighted by Crippen LogP contribution is -2.44. The Balaban J connectivity index is 0.00000363. The van der Waals surface area contributed by atoms with Crippen LogP contribution in [0.1, 0.15) is 37.5 Å². The molecule has 1 fully saturated rings. The van der Waals surface area contributed by atoms with E-state index in [0.29, 0.717) is 25.2 Å². The van der Waals surface area contributed by atoms with Gasteiger partial charge >= 0.3 is 0 Å². The second kappa shape index (κ2) is 13.1. The van der Waals surface area contributed by atoms with E-state index in [0.717, 1.165) is 38.3 Å². The minimum Gasteiger partial charge on any atom is -0.384 e. The molecule has 2 unspecified atom stereocenters. The van der Waals surface area contributed by atoms with E-state index >= 15 is 0 Å². The number of halogens is 1. The topological polar surface area (TPSA) is 69.1 Å². The highest BCUT2D eigenvalue weighted by Gasteiger charge is 2.23. The normalized spacial score (nSPS) is 19.0. The van der Waals surface area contributed by atoms with Crippen LogP contribution in [-0.4, -0.2) is 54.9 Å². The molecule has 0 amide bonds. The number of aliphatic imine (C=N–C) groups is 1. The SMILES string of the molecule is CCNC(=NCc1cccc(CN2CCOC(C)C2)c1)NCC(C)(O)c1ccccc1.I. The standard InChI is InChI=1S/C25H36N4O2.HI/c1-4-26-24(28-19-25(3,30)23-11-6-5-7-12-23)27-16-21-9-8-10-22(15-21)18-29-13-14-31-20(2)17-29;/h5-12,15,20,30H,4,13-14,16-19H2,1-3H3,(H2,26,27,28);1H. The molecule has 1 aliphatic heterocycles. The molecule has 2 aromatic carbocycles. The molecule has 32 heavy (non-hydrogen) atoms. The summed E-state index contributed by atoms with van der Waals surface area (Å²) in [5, 5.41) is 17.4. The number of benzene rings is 2. The quantitative estimate of drug-likeness (QED) is 0.266. The minimum absolute atomic E-state index is 0. The second-order valence-electron chi connectivity index (χ2n) is 8.43. The lowest BCUT2D eigenvalue weighted by Gasteiger charge is -2.31. The first-order valence-corrected chi connectivity index (χ1v) is 11.2. The van der Waals surface area contributed by atoms with Gasteiger partial charge in [0.1, 0.15) is 5.60 Å². The van der Waals surface area contributed by atoms with Crippen LogP contribution in [0.2, 0.25) is 0 Å². The summed E-state index contributed by atoms with van der Waals surface area (Å²) in [6.07, 6.45) is 0.295. The molecule has 0 spiro atoms. The van der Waals surface area contributed by atoms with Crippen LogP contribution in [0.3, 0.4) is 0 Å². The van der Waals surface area contributed by atoms with Crippen LogP contribution < -0.4 is 10.6 Å². The highest BCUT2D eigenvalue weighted by Crippen LogP contribution is 2.19. The van der Waals surface area contributed by atoms with Crippen molar-refractivity contribution >= 4 is 29.9 Å². The summed E-state index contributed by atoms with van der Waals surface area (Å²) >= 11 is 0. The fourth-order valence-corrected chi connectivity index (χ4v) is 3.79. The van der Waals surface area contributed by atoms with E-state index in [1.54, 1.807) is 0 Å². The van der Waals surface area contributed by atoms with Crippen molar-refractivity contribution in [2.24, 2.45) is 4.99 Å². The van der Waals surface area contributed by atoms with E-state index in [2.05, 4.69) is 46.7 Å². The molecular weight excluding hydrogens is 515 g/mol. The van der Waals surface area contributed by atoms with Gasteiger partial charge in [0, 0.05) is 26.2 Å². The van der Waals surface area contributed by atoms with Crippen LogP contribution in [0.25, 0.3) is 0 Å². The maximum absolute atomic E-state index is 10.8. The summed E-state index contributed by atoms with van der Waals surface area (Å²) in [5.41, 5.74) is 2.37. The minimum atomic E-state index is -0.980. The zero-order valence-corrected chi connectivity index (χ0v) is 21.7. The zero-order valence-electron chi connectivity index (χ0n) is 19.4. The van der Waals surface area contributed by atoms with E-state index in [1.807, 2.05) is 44.2 Å². The summed E-state index contributed by atoms with van der Waals surface area (Å²) in [6, 6.07) is 18.3. The summed E-state index contributed by atoms with van der Waals surface area (Å²) in [4.78, 5) is 7.17. The molecule has 3 rings (SSSR count). The predicted octanol–water partition coefficient (Wildman–Crippen LogP) is 3.49. The molecule has 0 aliphatic carbocycles. The number of morpholine rings is 1. The summed E-state index contributed by atoms with van der Waals surface area (Å²) in [7, 11) is 0. The van der Waals surface area contributed by atoms with E-state index in [1.165, 1.54) is 11.1 Å². The third-order valence-electron chi connectivity index (χ3n) is 5.48. The first kappa shape index (κ1) is 26.6. The maximum Gasteiger partial charge on any atom is 0.191 e. The van der Waals surface area contributed by atoms with Crippen LogP contribution in [0.5, 0.6) is 0 Å². The Bertz CT molecular complexity index is 845. The number of nitrogens with zero attached hydrogens (tertiary/aromatic N) is 2. The maximum atomic E-state index is 10.8.